The molecule has 1 saturated heterocycles. The van der Waals surface area contributed by atoms with Crippen LogP contribution in [0.4, 0.5) is 13.2 Å². The van der Waals surface area contributed by atoms with Crippen molar-refractivity contribution in [1.29, 1.82) is 0 Å². The Morgan fingerprint density at radius 3 is 2.29 bits per heavy atom. The number of benzene rings is 2. The summed E-state index contributed by atoms with van der Waals surface area (Å²) in [6, 6.07) is 15.1. The maximum absolute atomic E-state index is 12.7. The van der Waals surface area contributed by atoms with Crippen molar-refractivity contribution in [3.8, 4) is 5.75 Å². The van der Waals surface area contributed by atoms with Gasteiger partial charge >= 0.3 is 6.18 Å². The molecule has 0 aliphatic carbocycles. The maximum Gasteiger partial charge on any atom is 0.416 e. The number of likely N-dealkylation sites (N-methyl/N-ethyl adjacent to an activating group) is 1. The number of hydrogen-bond acceptors (Lipinski definition) is 2. The Balaban J connectivity index is 1.77. The van der Waals surface area contributed by atoms with Crippen molar-refractivity contribution in [3.63, 3.8) is 0 Å². The lowest BCUT2D eigenvalue weighted by Gasteiger charge is -2.37. The van der Waals surface area contributed by atoms with Crippen molar-refractivity contribution in [2.24, 2.45) is 0 Å². The van der Waals surface area contributed by atoms with Gasteiger partial charge in [-0.25, -0.2) is 0 Å². The lowest BCUT2D eigenvalue weighted by atomic mass is 9.88. The molecule has 2 aromatic carbocycles. The zero-order valence-corrected chi connectivity index (χ0v) is 13.5. The van der Waals surface area contributed by atoms with Crippen LogP contribution in [0.5, 0.6) is 5.75 Å². The van der Waals surface area contributed by atoms with Crippen molar-refractivity contribution < 1.29 is 17.9 Å². The van der Waals surface area contributed by atoms with E-state index in [4.69, 9.17) is 4.74 Å². The summed E-state index contributed by atoms with van der Waals surface area (Å²) < 4.78 is 44.0. The third-order valence-electron chi connectivity index (χ3n) is 4.45. The monoisotopic (exact) mass is 335 g/mol. The predicted molar refractivity (Wildman–Crippen MR) is 87.2 cm³/mol. The molecule has 2 nitrogen and oxygen atoms in total. The molecule has 0 radical (unpaired) electrons. The van der Waals surface area contributed by atoms with Crippen molar-refractivity contribution in [2.45, 2.75) is 24.6 Å². The third kappa shape index (κ3) is 3.90. The first-order valence-electron chi connectivity index (χ1n) is 8.01. The fourth-order valence-corrected chi connectivity index (χ4v) is 3.15. The molecule has 2 atom stereocenters. The highest BCUT2D eigenvalue weighted by Gasteiger charge is 2.32. The number of likely N-dealkylation sites (tertiary alicyclic amines) is 1. The van der Waals surface area contributed by atoms with Crippen molar-refractivity contribution in [3.05, 3.63) is 65.7 Å². The van der Waals surface area contributed by atoms with Crippen LogP contribution in [0.1, 0.15) is 23.5 Å². The highest BCUT2D eigenvalue weighted by molar-refractivity contribution is 5.30. The lowest BCUT2D eigenvalue weighted by Crippen LogP contribution is -2.42. The van der Waals surface area contributed by atoms with Gasteiger partial charge in [0, 0.05) is 19.0 Å². The molecule has 5 heteroatoms. The molecule has 0 bridgehead atoms. The van der Waals surface area contributed by atoms with Crippen LogP contribution in [0.3, 0.4) is 0 Å². The van der Waals surface area contributed by atoms with E-state index in [1.807, 2.05) is 18.2 Å². The van der Waals surface area contributed by atoms with Gasteiger partial charge < -0.3 is 9.64 Å². The van der Waals surface area contributed by atoms with Crippen LogP contribution in [0.2, 0.25) is 0 Å². The zero-order chi connectivity index (χ0) is 17.2. The topological polar surface area (TPSA) is 12.5 Å². The number of ether oxygens (including phenoxy) is 1. The second-order valence-corrected chi connectivity index (χ2v) is 6.25. The molecule has 1 aliphatic heterocycles. The zero-order valence-electron chi connectivity index (χ0n) is 13.5. The summed E-state index contributed by atoms with van der Waals surface area (Å²) in [5.74, 6) is 0.686. The maximum atomic E-state index is 12.7. The number of halogens is 3. The summed E-state index contributed by atoms with van der Waals surface area (Å²) in [5, 5.41) is 0. The Bertz CT molecular complexity index is 655. The normalized spacial score (nSPS) is 22.3. The molecule has 1 heterocycles. The molecule has 128 valence electrons. The number of nitrogens with zero attached hydrogens (tertiary/aromatic N) is 1. The van der Waals surface area contributed by atoms with E-state index in [1.54, 1.807) is 0 Å². The van der Waals surface area contributed by atoms with Crippen LogP contribution in [-0.4, -0.2) is 31.1 Å². The van der Waals surface area contributed by atoms with Crippen LogP contribution >= 0.6 is 0 Å². The van der Waals surface area contributed by atoms with Crippen LogP contribution < -0.4 is 4.74 Å². The van der Waals surface area contributed by atoms with Crippen LogP contribution in [0.15, 0.2) is 54.6 Å². The van der Waals surface area contributed by atoms with Gasteiger partial charge in [-0.3, -0.25) is 0 Å². The summed E-state index contributed by atoms with van der Waals surface area (Å²) >= 11 is 0. The average molecular weight is 335 g/mol. The molecule has 1 fully saturated rings. The standard InChI is InChI=1S/C19H20F3NO/c1-23-12-11-18(17(13-23)14-5-3-2-4-6-14)24-16-9-7-15(8-10-16)19(20,21)22/h2-10,17-18H,11-13H2,1H3/t17-,18-/m0/s1. The molecule has 1 aliphatic rings. The van der Waals surface area contributed by atoms with Gasteiger partial charge in [-0.15, -0.1) is 0 Å². The van der Waals surface area contributed by atoms with Crippen molar-refractivity contribution >= 4 is 0 Å². The molecule has 0 aromatic heterocycles. The molecule has 24 heavy (non-hydrogen) atoms. The average Bonchev–Trinajstić information content (AvgIpc) is 2.57. The molecule has 0 unspecified atom stereocenters. The number of piperidine rings is 1. The van der Waals surface area contributed by atoms with E-state index < -0.39 is 11.7 Å². The Kier molecular flexibility index (Phi) is 4.81. The quantitative estimate of drug-likeness (QED) is 0.814. The first kappa shape index (κ1) is 16.8. The number of hydrogen-bond donors (Lipinski definition) is 0. The van der Waals surface area contributed by atoms with Gasteiger partial charge in [-0.1, -0.05) is 30.3 Å². The smallest absolute Gasteiger partial charge is 0.416 e. The summed E-state index contributed by atoms with van der Waals surface area (Å²) in [5.41, 5.74) is 0.541. The Hall–Kier alpha value is -2.01. The molecule has 0 saturated carbocycles. The van der Waals surface area contributed by atoms with E-state index in [2.05, 4.69) is 24.1 Å². The minimum Gasteiger partial charge on any atom is -0.490 e. The molecule has 2 aromatic rings. The van der Waals surface area contributed by atoms with Gasteiger partial charge in [0.05, 0.1) is 5.56 Å². The molecular formula is C19H20F3NO. The predicted octanol–water partition coefficient (Wildman–Crippen LogP) is 4.57. The second kappa shape index (κ2) is 6.85. The number of rotatable bonds is 3. The van der Waals surface area contributed by atoms with Crippen LogP contribution in [0.25, 0.3) is 0 Å². The van der Waals surface area contributed by atoms with E-state index in [1.165, 1.54) is 17.7 Å². The van der Waals surface area contributed by atoms with Gasteiger partial charge in [-0.05, 0) is 43.3 Å². The fraction of sp³-hybridized carbons (Fsp3) is 0.368. The Labute approximate surface area is 139 Å². The van der Waals surface area contributed by atoms with Crippen molar-refractivity contribution in [1.82, 2.24) is 4.90 Å². The minimum absolute atomic E-state index is 0.0414. The van der Waals surface area contributed by atoms with Gasteiger partial charge in [0.2, 0.25) is 0 Å². The third-order valence-corrected chi connectivity index (χ3v) is 4.45. The van der Waals surface area contributed by atoms with Crippen LogP contribution in [0, 0.1) is 0 Å². The lowest BCUT2D eigenvalue weighted by molar-refractivity contribution is -0.137. The Morgan fingerprint density at radius 2 is 1.67 bits per heavy atom. The first-order chi connectivity index (χ1) is 11.4. The second-order valence-electron chi connectivity index (χ2n) is 6.25. The van der Waals surface area contributed by atoms with E-state index in [0.29, 0.717) is 5.75 Å². The van der Waals surface area contributed by atoms with E-state index in [0.717, 1.165) is 31.6 Å². The van der Waals surface area contributed by atoms with Gasteiger partial charge in [0.15, 0.2) is 0 Å². The first-order valence-corrected chi connectivity index (χ1v) is 8.01. The molecule has 0 amide bonds. The van der Waals surface area contributed by atoms with E-state index in [-0.39, 0.29) is 12.0 Å². The summed E-state index contributed by atoms with van der Waals surface area (Å²) in [6.07, 6.45) is -3.52. The van der Waals surface area contributed by atoms with Crippen molar-refractivity contribution in [2.75, 3.05) is 20.1 Å². The summed E-state index contributed by atoms with van der Waals surface area (Å²) in [6.45, 7) is 1.78. The van der Waals surface area contributed by atoms with Gasteiger partial charge in [-0.2, -0.15) is 13.2 Å². The molecule has 0 spiro atoms. The molecule has 3 rings (SSSR count). The summed E-state index contributed by atoms with van der Waals surface area (Å²) in [4.78, 5) is 2.25. The van der Waals surface area contributed by atoms with Crippen LogP contribution in [-0.2, 0) is 6.18 Å². The van der Waals surface area contributed by atoms with Gasteiger partial charge in [0.1, 0.15) is 11.9 Å². The molecular weight excluding hydrogens is 315 g/mol. The van der Waals surface area contributed by atoms with Gasteiger partial charge in [0.25, 0.3) is 0 Å². The largest absolute Gasteiger partial charge is 0.490 e. The highest BCUT2D eigenvalue weighted by Crippen LogP contribution is 2.33. The van der Waals surface area contributed by atoms with E-state index >= 15 is 0 Å². The number of alkyl halides is 3. The Morgan fingerprint density at radius 1 is 1.00 bits per heavy atom. The summed E-state index contributed by atoms with van der Waals surface area (Å²) in [7, 11) is 2.07. The highest BCUT2D eigenvalue weighted by atomic mass is 19.4. The molecule has 0 N–H and O–H groups in total. The fourth-order valence-electron chi connectivity index (χ4n) is 3.15. The van der Waals surface area contributed by atoms with E-state index in [9.17, 15) is 13.2 Å². The SMILES string of the molecule is CN1CC[C@H](Oc2ccc(C(F)(F)F)cc2)[C@H](c2ccccc2)C1. The minimum atomic E-state index is -4.32.